The van der Waals surface area contributed by atoms with Crippen LogP contribution in [0.2, 0.25) is 0 Å². The maximum Gasteiger partial charge on any atom is 0.136 e. The Morgan fingerprint density at radius 2 is 1.00 bits per heavy atom. The third-order valence-electron chi connectivity index (χ3n) is 2.40. The number of hydrogen-bond donors (Lipinski definition) is 1. The molecule has 0 saturated heterocycles. The van der Waals surface area contributed by atoms with E-state index in [0.29, 0.717) is 0 Å². The Balaban J connectivity index is 0.00000112. The number of rotatable bonds is 2. The molecule has 0 aromatic heterocycles. The van der Waals surface area contributed by atoms with Crippen molar-refractivity contribution in [2.75, 3.05) is 0 Å². The van der Waals surface area contributed by atoms with Crippen molar-refractivity contribution in [3.63, 3.8) is 0 Å². The molecule has 15 heavy (non-hydrogen) atoms. The highest BCUT2D eigenvalue weighted by molar-refractivity contribution is 5.28. The van der Waals surface area contributed by atoms with E-state index in [9.17, 15) is 0 Å². The Labute approximate surface area is 89.7 Å². The molecule has 2 heteroatoms. The van der Waals surface area contributed by atoms with Gasteiger partial charge in [-0.05, 0) is 0 Å². The van der Waals surface area contributed by atoms with E-state index in [1.165, 1.54) is 11.1 Å². The fraction of sp³-hybridized carbons (Fsp3) is 0.0769. The van der Waals surface area contributed by atoms with Crippen LogP contribution in [0.1, 0.15) is 17.2 Å². The molecule has 0 aliphatic heterocycles. The summed E-state index contributed by atoms with van der Waals surface area (Å²) < 4.78 is 0. The normalized spacial score (nSPS) is 9.73. The van der Waals surface area contributed by atoms with Gasteiger partial charge in [-0.2, -0.15) is 0 Å². The van der Waals surface area contributed by atoms with Crippen LogP contribution in [-0.2, 0) is 0 Å². The lowest BCUT2D eigenvalue weighted by atomic mass is 10.00. The van der Waals surface area contributed by atoms with Gasteiger partial charge in [0.05, 0.1) is 0 Å². The Kier molecular flexibility index (Phi) is 4.03. The molecule has 0 spiro atoms. The van der Waals surface area contributed by atoms with Gasteiger partial charge in [0.25, 0.3) is 0 Å². The second-order valence-electron chi connectivity index (χ2n) is 3.37. The Bertz CT molecular complexity index is 346. The average Bonchev–Trinajstić information content (AvgIpc) is 2.30. The molecule has 0 heterocycles. The van der Waals surface area contributed by atoms with E-state index in [0.717, 1.165) is 0 Å². The van der Waals surface area contributed by atoms with E-state index in [1.54, 1.807) is 0 Å². The summed E-state index contributed by atoms with van der Waals surface area (Å²) in [5.41, 5.74) is 6.70. The molecule has 4 N–H and O–H groups in total. The maximum atomic E-state index is 4.18. The van der Waals surface area contributed by atoms with E-state index in [2.05, 4.69) is 54.3 Å². The summed E-state index contributed by atoms with van der Waals surface area (Å²) in [7, 11) is 0. The van der Waals surface area contributed by atoms with Crippen molar-refractivity contribution >= 4 is 0 Å². The van der Waals surface area contributed by atoms with Gasteiger partial charge in [-0.25, -0.2) is 0 Å². The van der Waals surface area contributed by atoms with Crippen LogP contribution in [0.15, 0.2) is 60.7 Å². The van der Waals surface area contributed by atoms with Gasteiger partial charge in [0.2, 0.25) is 0 Å². The SMILES string of the molecule is [NH3+]C(c1ccccc1)c1ccccc1.[OH-]. The quantitative estimate of drug-likeness (QED) is 0.791. The monoisotopic (exact) mass is 201 g/mol. The highest BCUT2D eigenvalue weighted by Gasteiger charge is 2.10. The first-order chi connectivity index (χ1) is 6.88. The first-order valence-corrected chi connectivity index (χ1v) is 4.81. The number of quaternary nitrogens is 1. The summed E-state index contributed by atoms with van der Waals surface area (Å²) in [6.07, 6.45) is 0. The third-order valence-corrected chi connectivity index (χ3v) is 2.40. The standard InChI is InChI=1S/C13H13N.H2O/c14-13(11-7-3-1-4-8-11)12-9-5-2-6-10-12;/h1-10,13H,14H2;1H2. The minimum atomic E-state index is 0. The van der Waals surface area contributed by atoms with Crippen LogP contribution in [0.25, 0.3) is 0 Å². The fourth-order valence-corrected chi connectivity index (χ4v) is 1.56. The molecular formula is C13H15NO. The highest BCUT2D eigenvalue weighted by atomic mass is 16.0. The molecule has 0 aliphatic rings. The van der Waals surface area contributed by atoms with Gasteiger partial charge >= 0.3 is 0 Å². The topological polar surface area (TPSA) is 57.6 Å². The molecule has 2 aromatic rings. The van der Waals surface area contributed by atoms with Crippen molar-refractivity contribution in [2.24, 2.45) is 0 Å². The van der Waals surface area contributed by atoms with E-state index in [1.807, 2.05) is 12.1 Å². The minimum absolute atomic E-state index is 0. The van der Waals surface area contributed by atoms with Gasteiger partial charge < -0.3 is 11.2 Å². The Morgan fingerprint density at radius 1 is 0.667 bits per heavy atom. The highest BCUT2D eigenvalue weighted by Crippen LogP contribution is 2.16. The lowest BCUT2D eigenvalue weighted by molar-refractivity contribution is -0.411. The molecule has 0 fully saturated rings. The van der Waals surface area contributed by atoms with Gasteiger partial charge in [0.15, 0.2) is 0 Å². The molecule has 0 aliphatic carbocycles. The first-order valence-electron chi connectivity index (χ1n) is 4.81. The van der Waals surface area contributed by atoms with E-state index in [4.69, 9.17) is 0 Å². The van der Waals surface area contributed by atoms with Gasteiger partial charge in [-0.3, -0.25) is 0 Å². The number of benzene rings is 2. The smallest absolute Gasteiger partial charge is 0.136 e. The van der Waals surface area contributed by atoms with Crippen molar-refractivity contribution in [3.8, 4) is 0 Å². The zero-order chi connectivity index (χ0) is 9.80. The largest absolute Gasteiger partial charge is 0.870 e. The molecule has 2 aromatic carbocycles. The van der Waals surface area contributed by atoms with Crippen LogP contribution in [0.5, 0.6) is 0 Å². The van der Waals surface area contributed by atoms with Crippen LogP contribution in [-0.4, -0.2) is 5.48 Å². The molecule has 0 amide bonds. The zero-order valence-electron chi connectivity index (χ0n) is 8.51. The molecule has 2 nitrogen and oxygen atoms in total. The second kappa shape index (κ2) is 5.29. The van der Waals surface area contributed by atoms with Crippen molar-refractivity contribution in [3.05, 3.63) is 71.8 Å². The summed E-state index contributed by atoms with van der Waals surface area (Å²) in [5.74, 6) is 0. The Morgan fingerprint density at radius 3 is 1.33 bits per heavy atom. The maximum absolute atomic E-state index is 4.18. The van der Waals surface area contributed by atoms with Gasteiger partial charge in [0, 0.05) is 11.1 Å². The molecular weight excluding hydrogens is 186 g/mol. The summed E-state index contributed by atoms with van der Waals surface area (Å²) >= 11 is 0. The summed E-state index contributed by atoms with van der Waals surface area (Å²) in [6.45, 7) is 0. The predicted octanol–water partition coefficient (Wildman–Crippen LogP) is 1.84. The van der Waals surface area contributed by atoms with Crippen LogP contribution >= 0.6 is 0 Å². The average molecular weight is 201 g/mol. The number of hydrogen-bond acceptors (Lipinski definition) is 1. The first kappa shape index (κ1) is 11.4. The van der Waals surface area contributed by atoms with Crippen LogP contribution in [0.4, 0.5) is 0 Å². The van der Waals surface area contributed by atoms with Crippen LogP contribution < -0.4 is 5.73 Å². The van der Waals surface area contributed by atoms with Crippen LogP contribution in [0, 0.1) is 0 Å². The van der Waals surface area contributed by atoms with E-state index >= 15 is 0 Å². The summed E-state index contributed by atoms with van der Waals surface area (Å²) in [5, 5.41) is 0. The summed E-state index contributed by atoms with van der Waals surface area (Å²) in [4.78, 5) is 0. The molecule has 0 unspecified atom stereocenters. The van der Waals surface area contributed by atoms with Crippen molar-refractivity contribution in [1.82, 2.24) is 0 Å². The molecule has 0 bridgehead atoms. The fourth-order valence-electron chi connectivity index (χ4n) is 1.56. The van der Waals surface area contributed by atoms with Gasteiger partial charge in [-0.1, -0.05) is 60.7 Å². The molecule has 0 saturated carbocycles. The van der Waals surface area contributed by atoms with Crippen molar-refractivity contribution < 1.29 is 11.2 Å². The molecule has 78 valence electrons. The predicted molar refractivity (Wildman–Crippen MR) is 59.6 cm³/mol. The van der Waals surface area contributed by atoms with Crippen LogP contribution in [0.3, 0.4) is 0 Å². The minimum Gasteiger partial charge on any atom is -0.870 e. The molecule has 2 rings (SSSR count). The third kappa shape index (κ3) is 2.65. The van der Waals surface area contributed by atoms with Crippen molar-refractivity contribution in [2.45, 2.75) is 6.04 Å². The van der Waals surface area contributed by atoms with E-state index in [-0.39, 0.29) is 11.5 Å². The van der Waals surface area contributed by atoms with Gasteiger partial charge in [0.1, 0.15) is 6.04 Å². The molecule has 0 radical (unpaired) electrons. The lowest BCUT2D eigenvalue weighted by Crippen LogP contribution is -2.53. The molecule has 0 atom stereocenters. The zero-order valence-corrected chi connectivity index (χ0v) is 8.51. The van der Waals surface area contributed by atoms with Crippen molar-refractivity contribution in [1.29, 1.82) is 0 Å². The van der Waals surface area contributed by atoms with Gasteiger partial charge in [-0.15, -0.1) is 0 Å². The van der Waals surface area contributed by atoms with E-state index < -0.39 is 0 Å². The second-order valence-corrected chi connectivity index (χ2v) is 3.37. The lowest BCUT2D eigenvalue weighted by Gasteiger charge is -2.08. The Hall–Kier alpha value is -1.64. The summed E-state index contributed by atoms with van der Waals surface area (Å²) in [6, 6.07) is 21.0.